The van der Waals surface area contributed by atoms with Crippen LogP contribution < -0.4 is 4.74 Å². The molecule has 0 bridgehead atoms. The predicted octanol–water partition coefficient (Wildman–Crippen LogP) is 3.62. The Hall–Kier alpha value is -1.86. The van der Waals surface area contributed by atoms with Crippen molar-refractivity contribution in [2.45, 2.75) is 20.8 Å². The number of nitrogens with zero attached hydrogens (tertiary/aromatic N) is 2. The molecule has 0 saturated heterocycles. The highest BCUT2D eigenvalue weighted by Crippen LogP contribution is 2.39. The van der Waals surface area contributed by atoms with Gasteiger partial charge in [0, 0.05) is 5.56 Å². The maximum absolute atomic E-state index is 9.13. The van der Waals surface area contributed by atoms with E-state index in [1.807, 2.05) is 13.8 Å². The third kappa shape index (κ3) is 1.87. The lowest BCUT2D eigenvalue weighted by Crippen LogP contribution is -1.98. The largest absolute Gasteiger partial charge is 0.496 e. The van der Waals surface area contributed by atoms with Crippen LogP contribution in [0.4, 0.5) is 0 Å². The summed E-state index contributed by atoms with van der Waals surface area (Å²) >= 11 is 1.35. The lowest BCUT2D eigenvalue weighted by Gasteiger charge is -2.15. The first-order chi connectivity index (χ1) is 8.60. The molecular weight excluding hydrogens is 244 g/mol. The van der Waals surface area contributed by atoms with Crippen LogP contribution in [0.15, 0.2) is 11.6 Å². The fourth-order valence-electron chi connectivity index (χ4n) is 2.10. The molecule has 4 heteroatoms. The monoisotopic (exact) mass is 258 g/mol. The van der Waals surface area contributed by atoms with Crippen molar-refractivity contribution in [3.63, 3.8) is 0 Å². The van der Waals surface area contributed by atoms with Crippen molar-refractivity contribution in [2.75, 3.05) is 7.11 Å². The second kappa shape index (κ2) is 4.79. The number of rotatable bonds is 2. The molecule has 0 spiro atoms. The van der Waals surface area contributed by atoms with Crippen molar-refractivity contribution < 1.29 is 4.74 Å². The summed E-state index contributed by atoms with van der Waals surface area (Å²) in [6.45, 7) is 6.10. The first-order valence-electron chi connectivity index (χ1n) is 5.58. The molecule has 0 aliphatic carbocycles. The molecule has 0 aliphatic heterocycles. The molecule has 2 rings (SSSR count). The quantitative estimate of drug-likeness (QED) is 0.826. The van der Waals surface area contributed by atoms with E-state index in [-0.39, 0.29) is 0 Å². The third-order valence-corrected chi connectivity index (χ3v) is 3.83. The van der Waals surface area contributed by atoms with Gasteiger partial charge in [0.2, 0.25) is 0 Å². The lowest BCUT2D eigenvalue weighted by molar-refractivity contribution is 0.412. The molecule has 3 nitrogen and oxygen atoms in total. The Labute approximate surface area is 111 Å². The van der Waals surface area contributed by atoms with Crippen LogP contribution in [0.1, 0.15) is 21.6 Å². The SMILES string of the molecule is COc1c(C)c(C)cc(C)c1-c1ncsc1C#N. The van der Waals surface area contributed by atoms with E-state index in [9.17, 15) is 0 Å². The second-order valence-electron chi connectivity index (χ2n) is 4.19. The molecule has 92 valence electrons. The van der Waals surface area contributed by atoms with Crippen molar-refractivity contribution in [2.24, 2.45) is 0 Å². The van der Waals surface area contributed by atoms with Gasteiger partial charge in [-0.3, -0.25) is 0 Å². The summed E-state index contributed by atoms with van der Waals surface area (Å²) in [5.41, 5.74) is 6.70. The van der Waals surface area contributed by atoms with Crippen LogP contribution in [0.3, 0.4) is 0 Å². The molecule has 1 aromatic heterocycles. The number of hydrogen-bond donors (Lipinski definition) is 0. The molecule has 0 unspecified atom stereocenters. The normalized spacial score (nSPS) is 10.2. The number of benzene rings is 1. The maximum Gasteiger partial charge on any atom is 0.132 e. The van der Waals surface area contributed by atoms with Gasteiger partial charge in [0.15, 0.2) is 0 Å². The molecule has 1 aromatic carbocycles. The molecule has 0 fully saturated rings. The van der Waals surface area contributed by atoms with E-state index in [2.05, 4.69) is 24.0 Å². The van der Waals surface area contributed by atoms with E-state index in [0.717, 1.165) is 28.1 Å². The van der Waals surface area contributed by atoms with Gasteiger partial charge in [-0.15, -0.1) is 11.3 Å². The first kappa shape index (κ1) is 12.6. The highest BCUT2D eigenvalue weighted by molar-refractivity contribution is 7.10. The van der Waals surface area contributed by atoms with Gasteiger partial charge < -0.3 is 4.74 Å². The van der Waals surface area contributed by atoms with Gasteiger partial charge in [0.25, 0.3) is 0 Å². The Balaban J connectivity index is 2.80. The first-order valence-corrected chi connectivity index (χ1v) is 6.46. The van der Waals surface area contributed by atoms with Crippen LogP contribution in [0.2, 0.25) is 0 Å². The summed E-state index contributed by atoms with van der Waals surface area (Å²) in [5, 5.41) is 9.13. The van der Waals surface area contributed by atoms with Gasteiger partial charge in [-0.2, -0.15) is 5.26 Å². The molecule has 18 heavy (non-hydrogen) atoms. The zero-order chi connectivity index (χ0) is 13.3. The van der Waals surface area contributed by atoms with E-state index < -0.39 is 0 Å². The van der Waals surface area contributed by atoms with E-state index >= 15 is 0 Å². The van der Waals surface area contributed by atoms with Crippen LogP contribution in [-0.2, 0) is 0 Å². The summed E-state index contributed by atoms with van der Waals surface area (Å²) in [4.78, 5) is 4.94. The fraction of sp³-hybridized carbons (Fsp3) is 0.286. The number of thiazole rings is 1. The minimum Gasteiger partial charge on any atom is -0.496 e. The molecule has 2 aromatic rings. The van der Waals surface area contributed by atoms with Crippen molar-refractivity contribution in [3.05, 3.63) is 33.1 Å². The molecule has 0 amide bonds. The molecule has 0 atom stereocenters. The summed E-state index contributed by atoms with van der Waals surface area (Å²) in [6, 6.07) is 4.29. The van der Waals surface area contributed by atoms with E-state index in [0.29, 0.717) is 4.88 Å². The van der Waals surface area contributed by atoms with Crippen molar-refractivity contribution in [1.29, 1.82) is 5.26 Å². The predicted molar refractivity (Wildman–Crippen MR) is 73.0 cm³/mol. The van der Waals surface area contributed by atoms with Crippen molar-refractivity contribution in [3.8, 4) is 23.1 Å². The number of ether oxygens (including phenoxy) is 1. The molecular formula is C14H14N2OS. The average molecular weight is 258 g/mol. The minimum atomic E-state index is 0.625. The summed E-state index contributed by atoms with van der Waals surface area (Å²) in [6.07, 6.45) is 0. The summed E-state index contributed by atoms with van der Waals surface area (Å²) < 4.78 is 5.52. The topological polar surface area (TPSA) is 45.9 Å². The standard InChI is InChI=1S/C14H14N2OS/c1-8-5-9(2)12(14(17-4)10(8)3)13-11(6-15)18-7-16-13/h5,7H,1-4H3. The zero-order valence-electron chi connectivity index (χ0n) is 10.9. The zero-order valence-corrected chi connectivity index (χ0v) is 11.7. The Bertz CT molecular complexity index is 638. The Morgan fingerprint density at radius 2 is 2.00 bits per heavy atom. The second-order valence-corrected chi connectivity index (χ2v) is 5.04. The number of hydrogen-bond acceptors (Lipinski definition) is 4. The fourth-order valence-corrected chi connectivity index (χ4v) is 2.69. The maximum atomic E-state index is 9.13. The molecule has 0 saturated carbocycles. The van der Waals surface area contributed by atoms with Crippen molar-refractivity contribution >= 4 is 11.3 Å². The molecule has 0 N–H and O–H groups in total. The lowest BCUT2D eigenvalue weighted by atomic mass is 9.96. The van der Waals surface area contributed by atoms with Gasteiger partial charge in [-0.25, -0.2) is 4.98 Å². The Morgan fingerprint density at radius 3 is 2.61 bits per heavy atom. The van der Waals surface area contributed by atoms with E-state index in [1.54, 1.807) is 12.6 Å². The van der Waals surface area contributed by atoms with E-state index in [4.69, 9.17) is 10.00 Å². The summed E-state index contributed by atoms with van der Waals surface area (Å²) in [5.74, 6) is 0.815. The van der Waals surface area contributed by atoms with Gasteiger partial charge in [-0.05, 0) is 37.5 Å². The average Bonchev–Trinajstić information content (AvgIpc) is 2.81. The molecule has 1 heterocycles. The highest BCUT2D eigenvalue weighted by atomic mass is 32.1. The number of methoxy groups -OCH3 is 1. The van der Waals surface area contributed by atoms with Gasteiger partial charge in [0.1, 0.15) is 22.4 Å². The van der Waals surface area contributed by atoms with Gasteiger partial charge in [0.05, 0.1) is 12.6 Å². The summed E-state index contributed by atoms with van der Waals surface area (Å²) in [7, 11) is 1.66. The van der Waals surface area contributed by atoms with Crippen LogP contribution >= 0.6 is 11.3 Å². The Kier molecular flexibility index (Phi) is 3.35. The van der Waals surface area contributed by atoms with Gasteiger partial charge >= 0.3 is 0 Å². The smallest absolute Gasteiger partial charge is 0.132 e. The van der Waals surface area contributed by atoms with Crippen LogP contribution in [0.5, 0.6) is 5.75 Å². The molecule has 0 radical (unpaired) electrons. The van der Waals surface area contributed by atoms with Crippen LogP contribution in [0, 0.1) is 32.1 Å². The number of aromatic nitrogens is 1. The number of aryl methyl sites for hydroxylation is 2. The third-order valence-electron chi connectivity index (χ3n) is 3.10. The minimum absolute atomic E-state index is 0.625. The molecule has 0 aliphatic rings. The number of nitriles is 1. The highest BCUT2D eigenvalue weighted by Gasteiger charge is 2.18. The van der Waals surface area contributed by atoms with Gasteiger partial charge in [-0.1, -0.05) is 6.07 Å². The van der Waals surface area contributed by atoms with E-state index in [1.165, 1.54) is 16.9 Å². The van der Waals surface area contributed by atoms with Crippen LogP contribution in [-0.4, -0.2) is 12.1 Å². The Morgan fingerprint density at radius 1 is 1.28 bits per heavy atom. The van der Waals surface area contributed by atoms with Crippen LogP contribution in [0.25, 0.3) is 11.3 Å². The van der Waals surface area contributed by atoms with Crippen molar-refractivity contribution in [1.82, 2.24) is 4.98 Å².